The first-order valence-electron chi connectivity index (χ1n) is 6.77. The summed E-state index contributed by atoms with van der Waals surface area (Å²) >= 11 is 0. The molecule has 1 heteroatoms. The van der Waals surface area contributed by atoms with E-state index in [0.717, 1.165) is 5.41 Å². The van der Waals surface area contributed by atoms with Crippen molar-refractivity contribution in [3.8, 4) is 0 Å². The molecule has 2 aliphatic rings. The van der Waals surface area contributed by atoms with Crippen LogP contribution in [0.4, 0.5) is 0 Å². The van der Waals surface area contributed by atoms with E-state index in [2.05, 4.69) is 25.7 Å². The van der Waals surface area contributed by atoms with Crippen molar-refractivity contribution >= 4 is 0 Å². The number of hydrogen-bond acceptors (Lipinski definition) is 1. The average molecular weight is 225 g/mol. The summed E-state index contributed by atoms with van der Waals surface area (Å²) < 4.78 is 0. The Morgan fingerprint density at radius 2 is 1.31 bits per heavy atom. The van der Waals surface area contributed by atoms with Gasteiger partial charge in [-0.25, -0.2) is 0 Å². The molecule has 0 radical (unpaired) electrons. The topological polar surface area (TPSA) is 3.24 Å². The second-order valence-electron chi connectivity index (χ2n) is 6.72. The molecule has 2 fully saturated rings. The van der Waals surface area contributed by atoms with Crippen molar-refractivity contribution in [1.29, 1.82) is 0 Å². The van der Waals surface area contributed by atoms with Crippen LogP contribution in [0.1, 0.15) is 73.1 Å². The van der Waals surface area contributed by atoms with Crippen molar-refractivity contribution in [1.82, 2.24) is 4.90 Å². The van der Waals surface area contributed by atoms with Gasteiger partial charge in [0.15, 0.2) is 0 Å². The second kappa shape index (κ2) is 5.08. The van der Waals surface area contributed by atoms with Gasteiger partial charge in [-0.15, -0.1) is 0 Å². The zero-order chi connectivity index (χ0) is 10.9. The Hall–Kier alpha value is -0.0400. The van der Waals surface area contributed by atoms with Crippen LogP contribution in [-0.4, -0.2) is 23.5 Å². The summed E-state index contributed by atoms with van der Waals surface area (Å²) in [6.45, 7) is 9.73. The molecule has 0 amide bonds. The van der Waals surface area contributed by atoms with E-state index in [9.17, 15) is 0 Å². The van der Waals surface area contributed by atoms with E-state index in [-0.39, 0.29) is 7.43 Å². The Balaban J connectivity index is 0.00000128. The first-order chi connectivity index (χ1) is 7.02. The smallest absolute Gasteiger partial charge is 0.0125 e. The first kappa shape index (κ1) is 14.0. The van der Waals surface area contributed by atoms with Crippen molar-refractivity contribution in [3.63, 3.8) is 0 Å². The lowest BCUT2D eigenvalue weighted by atomic mass is 9.68. The van der Waals surface area contributed by atoms with E-state index >= 15 is 0 Å². The lowest BCUT2D eigenvalue weighted by molar-refractivity contribution is 0.0222. The minimum atomic E-state index is 0. The number of piperidine rings is 1. The van der Waals surface area contributed by atoms with Crippen LogP contribution in [0.3, 0.4) is 0 Å². The first-order valence-corrected chi connectivity index (χ1v) is 6.77. The summed E-state index contributed by atoms with van der Waals surface area (Å²) in [6.07, 6.45) is 10.4. The highest BCUT2D eigenvalue weighted by Crippen LogP contribution is 2.45. The van der Waals surface area contributed by atoms with Gasteiger partial charge < -0.3 is 0 Å². The molecule has 0 atom stereocenters. The fourth-order valence-electron chi connectivity index (χ4n) is 3.45. The Labute approximate surface area is 103 Å². The van der Waals surface area contributed by atoms with E-state index < -0.39 is 0 Å². The molecule has 1 saturated carbocycles. The van der Waals surface area contributed by atoms with Crippen LogP contribution < -0.4 is 0 Å². The van der Waals surface area contributed by atoms with Crippen LogP contribution in [0.2, 0.25) is 0 Å². The molecule has 0 N–H and O–H groups in total. The third kappa shape index (κ3) is 3.00. The van der Waals surface area contributed by atoms with Gasteiger partial charge >= 0.3 is 0 Å². The molecular formula is C15H31N. The lowest BCUT2D eigenvalue weighted by Gasteiger charge is -2.48. The summed E-state index contributed by atoms with van der Waals surface area (Å²) in [5, 5.41) is 0. The average Bonchev–Trinajstić information content (AvgIpc) is 2.18. The van der Waals surface area contributed by atoms with Gasteiger partial charge in [-0.3, -0.25) is 4.90 Å². The lowest BCUT2D eigenvalue weighted by Crippen LogP contribution is -2.49. The zero-order valence-electron chi connectivity index (χ0n) is 10.8. The normalized spacial score (nSPS) is 26.4. The van der Waals surface area contributed by atoms with Gasteiger partial charge in [-0.05, 0) is 65.0 Å². The molecule has 1 aliphatic heterocycles. The molecule has 1 aliphatic carbocycles. The van der Waals surface area contributed by atoms with E-state index in [1.807, 2.05) is 0 Å². The number of nitrogens with zero attached hydrogens (tertiary/aromatic N) is 1. The molecule has 1 heterocycles. The largest absolute Gasteiger partial charge is 0.298 e. The Bertz CT molecular complexity index is 198. The Morgan fingerprint density at radius 3 is 1.75 bits per heavy atom. The van der Waals surface area contributed by atoms with Crippen molar-refractivity contribution in [3.05, 3.63) is 0 Å². The summed E-state index contributed by atoms with van der Waals surface area (Å²) in [6, 6.07) is 0. The van der Waals surface area contributed by atoms with E-state index in [1.54, 1.807) is 0 Å². The van der Waals surface area contributed by atoms with Crippen molar-refractivity contribution in [2.24, 2.45) is 5.41 Å². The highest BCUT2D eigenvalue weighted by molar-refractivity contribution is 4.91. The molecule has 96 valence electrons. The molecule has 0 bridgehead atoms. The molecule has 0 aromatic heterocycles. The molecular weight excluding hydrogens is 194 g/mol. The van der Waals surface area contributed by atoms with Crippen molar-refractivity contribution in [2.45, 2.75) is 78.7 Å². The zero-order valence-corrected chi connectivity index (χ0v) is 10.8. The fourth-order valence-corrected chi connectivity index (χ4v) is 3.45. The minimum Gasteiger partial charge on any atom is -0.298 e. The molecule has 2 rings (SSSR count). The number of rotatable bonds is 0. The summed E-state index contributed by atoms with van der Waals surface area (Å²) in [7, 11) is 0. The van der Waals surface area contributed by atoms with E-state index in [4.69, 9.17) is 0 Å². The van der Waals surface area contributed by atoms with Gasteiger partial charge in [0.05, 0.1) is 0 Å². The summed E-state index contributed by atoms with van der Waals surface area (Å²) in [4.78, 5) is 2.67. The fraction of sp³-hybridized carbons (Fsp3) is 1.00. The van der Waals surface area contributed by atoms with Gasteiger partial charge in [-0.1, -0.05) is 26.7 Å². The van der Waals surface area contributed by atoms with Gasteiger partial charge in [0.2, 0.25) is 0 Å². The molecule has 1 nitrogen and oxygen atoms in total. The van der Waals surface area contributed by atoms with Crippen LogP contribution in [-0.2, 0) is 0 Å². The maximum Gasteiger partial charge on any atom is 0.0125 e. The number of hydrogen-bond donors (Lipinski definition) is 0. The second-order valence-corrected chi connectivity index (χ2v) is 6.72. The predicted molar refractivity (Wildman–Crippen MR) is 72.8 cm³/mol. The van der Waals surface area contributed by atoms with E-state index in [0.29, 0.717) is 5.54 Å². The van der Waals surface area contributed by atoms with Gasteiger partial charge in [0.25, 0.3) is 0 Å². The van der Waals surface area contributed by atoms with Crippen LogP contribution >= 0.6 is 0 Å². The summed E-state index contributed by atoms with van der Waals surface area (Å²) in [5.74, 6) is 0. The molecule has 0 aromatic rings. The molecule has 16 heavy (non-hydrogen) atoms. The van der Waals surface area contributed by atoms with Crippen LogP contribution in [0, 0.1) is 5.41 Å². The van der Waals surface area contributed by atoms with Crippen LogP contribution in [0.5, 0.6) is 0 Å². The monoisotopic (exact) mass is 225 g/mol. The highest BCUT2D eigenvalue weighted by atomic mass is 15.2. The van der Waals surface area contributed by atoms with Crippen molar-refractivity contribution in [2.75, 3.05) is 13.1 Å². The van der Waals surface area contributed by atoms with Gasteiger partial charge in [0.1, 0.15) is 0 Å². The molecule has 1 saturated heterocycles. The third-order valence-electron chi connectivity index (χ3n) is 4.69. The SMILES string of the molecule is C.CC(C)(C)N1CCC2(CCCCC2)CC1. The maximum atomic E-state index is 2.67. The quantitative estimate of drug-likeness (QED) is 0.588. The maximum absolute atomic E-state index is 2.67. The predicted octanol–water partition coefficient (Wildman–Crippen LogP) is 4.47. The molecule has 0 aromatic carbocycles. The minimum absolute atomic E-state index is 0. The third-order valence-corrected chi connectivity index (χ3v) is 4.69. The Kier molecular flexibility index (Phi) is 4.45. The van der Waals surface area contributed by atoms with Crippen molar-refractivity contribution < 1.29 is 0 Å². The Morgan fingerprint density at radius 1 is 0.812 bits per heavy atom. The number of likely N-dealkylation sites (tertiary alicyclic amines) is 1. The molecule has 1 spiro atoms. The highest BCUT2D eigenvalue weighted by Gasteiger charge is 2.37. The van der Waals surface area contributed by atoms with E-state index in [1.165, 1.54) is 58.0 Å². The van der Waals surface area contributed by atoms with Crippen LogP contribution in [0.25, 0.3) is 0 Å². The summed E-state index contributed by atoms with van der Waals surface area (Å²) in [5.41, 5.74) is 1.15. The van der Waals surface area contributed by atoms with Gasteiger partial charge in [0, 0.05) is 5.54 Å². The molecule has 0 unspecified atom stereocenters. The standard InChI is InChI=1S/C14H27N.CH4/c1-13(2,3)15-11-9-14(10-12-15)7-5-4-6-8-14;/h4-12H2,1-3H3;1H4. The van der Waals surface area contributed by atoms with Gasteiger partial charge in [-0.2, -0.15) is 0 Å². The van der Waals surface area contributed by atoms with Crippen LogP contribution in [0.15, 0.2) is 0 Å².